The second-order valence-corrected chi connectivity index (χ2v) is 10.2. The van der Waals surface area contributed by atoms with Gasteiger partial charge in [-0.25, -0.2) is 0 Å². The third-order valence-corrected chi connectivity index (χ3v) is 7.25. The molecule has 0 unspecified atom stereocenters. The van der Waals surface area contributed by atoms with Crippen molar-refractivity contribution in [2.45, 2.75) is 51.8 Å². The number of benzene rings is 3. The molecule has 5 nitrogen and oxygen atoms in total. The van der Waals surface area contributed by atoms with E-state index in [-0.39, 0.29) is 23.8 Å². The molecule has 3 aromatic rings. The first-order valence-electron chi connectivity index (χ1n) is 12.9. The number of carbonyl (C=O) groups is 2. The number of carbonyl (C=O) groups excluding carboxylic acids is 2. The number of nitrogens with zero attached hydrogens (tertiary/aromatic N) is 2. The summed E-state index contributed by atoms with van der Waals surface area (Å²) in [5, 5.41) is 0. The Morgan fingerprint density at radius 1 is 1.03 bits per heavy atom. The van der Waals surface area contributed by atoms with Crippen LogP contribution < -0.4 is 4.74 Å². The Kier molecular flexibility index (Phi) is 6.82. The number of ether oxygens (including phenoxy) is 1. The molecule has 36 heavy (non-hydrogen) atoms. The summed E-state index contributed by atoms with van der Waals surface area (Å²) in [6, 6.07) is 24.3. The normalized spacial score (nSPS) is 17.8. The first kappa shape index (κ1) is 24.1. The van der Waals surface area contributed by atoms with Gasteiger partial charge in [0.05, 0.1) is 6.04 Å². The van der Waals surface area contributed by atoms with Gasteiger partial charge in [0.1, 0.15) is 5.75 Å². The number of amides is 2. The number of likely N-dealkylation sites (N-methyl/N-ethyl adjacent to an activating group) is 1. The summed E-state index contributed by atoms with van der Waals surface area (Å²) in [7, 11) is 1.80. The predicted octanol–water partition coefficient (Wildman–Crippen LogP) is 5.31. The van der Waals surface area contributed by atoms with E-state index in [2.05, 4.69) is 42.2 Å². The van der Waals surface area contributed by atoms with E-state index in [1.807, 2.05) is 42.5 Å². The van der Waals surface area contributed by atoms with Crippen molar-refractivity contribution in [2.75, 3.05) is 13.6 Å². The van der Waals surface area contributed by atoms with Crippen molar-refractivity contribution in [1.29, 1.82) is 0 Å². The second kappa shape index (κ2) is 10.2. The molecule has 3 aromatic carbocycles. The van der Waals surface area contributed by atoms with E-state index >= 15 is 0 Å². The summed E-state index contributed by atoms with van der Waals surface area (Å²) in [5.74, 6) is 0.998. The maximum Gasteiger partial charge on any atom is 0.263 e. The van der Waals surface area contributed by atoms with Gasteiger partial charge < -0.3 is 14.5 Å². The molecule has 0 aromatic heterocycles. The minimum atomic E-state index is -0.623. The van der Waals surface area contributed by atoms with Crippen molar-refractivity contribution in [2.24, 2.45) is 5.92 Å². The zero-order valence-corrected chi connectivity index (χ0v) is 21.3. The molecule has 1 saturated carbocycles. The van der Waals surface area contributed by atoms with Crippen LogP contribution in [0.4, 0.5) is 0 Å². The van der Waals surface area contributed by atoms with Gasteiger partial charge in [0, 0.05) is 26.1 Å². The zero-order valence-electron chi connectivity index (χ0n) is 21.3. The number of hydrogen-bond acceptors (Lipinski definition) is 3. The van der Waals surface area contributed by atoms with Gasteiger partial charge >= 0.3 is 0 Å². The predicted molar refractivity (Wildman–Crippen MR) is 141 cm³/mol. The van der Waals surface area contributed by atoms with Crippen LogP contribution in [0, 0.1) is 12.8 Å². The lowest BCUT2D eigenvalue weighted by molar-refractivity contribution is -0.137. The molecule has 1 aliphatic carbocycles. The summed E-state index contributed by atoms with van der Waals surface area (Å²) in [6.07, 6.45) is 2.18. The Bertz CT molecular complexity index is 1230. The van der Waals surface area contributed by atoms with Gasteiger partial charge in [0.25, 0.3) is 5.91 Å². The average molecular weight is 483 g/mol. The molecule has 0 spiro atoms. The molecular weight excluding hydrogens is 448 g/mol. The van der Waals surface area contributed by atoms with Crippen LogP contribution in [-0.2, 0) is 22.6 Å². The minimum absolute atomic E-state index is 0.0720. The number of fused-ring (bicyclic) bond motifs is 1. The standard InChI is InChI=1S/C31H34N2O3/c1-21-9-11-25(12-10-21)29-28-19-27(16-15-24(28)17-18-33(29)31(35)26-13-14-26)36-22(2)30(34)32(3)20-23-7-5-4-6-8-23/h4-12,15-16,19,22,26,29H,13-14,17-18,20H2,1-3H3/t22-,29-/m0/s1. The molecule has 5 rings (SSSR count). The molecule has 2 amide bonds. The third kappa shape index (κ3) is 5.15. The minimum Gasteiger partial charge on any atom is -0.481 e. The van der Waals surface area contributed by atoms with Crippen LogP contribution in [0.15, 0.2) is 72.8 Å². The van der Waals surface area contributed by atoms with Crippen LogP contribution in [0.2, 0.25) is 0 Å². The van der Waals surface area contributed by atoms with Crippen molar-refractivity contribution in [3.63, 3.8) is 0 Å². The van der Waals surface area contributed by atoms with Crippen LogP contribution in [-0.4, -0.2) is 41.3 Å². The van der Waals surface area contributed by atoms with Gasteiger partial charge in [-0.05, 0) is 67.5 Å². The van der Waals surface area contributed by atoms with Crippen LogP contribution in [0.5, 0.6) is 5.75 Å². The maximum absolute atomic E-state index is 13.2. The molecule has 0 radical (unpaired) electrons. The SMILES string of the molecule is Cc1ccc([C@H]2c3cc(O[C@@H](C)C(=O)N(C)Cc4ccccc4)ccc3CCN2C(=O)C2CC2)cc1. The summed E-state index contributed by atoms with van der Waals surface area (Å²) in [5.41, 5.74) is 5.70. The number of aryl methyl sites for hydroxylation is 1. The van der Waals surface area contributed by atoms with Crippen molar-refractivity contribution < 1.29 is 14.3 Å². The Labute approximate surface area is 213 Å². The zero-order chi connectivity index (χ0) is 25.2. The summed E-state index contributed by atoms with van der Waals surface area (Å²) in [6.45, 7) is 5.13. The van der Waals surface area contributed by atoms with Gasteiger partial charge in [-0.2, -0.15) is 0 Å². The van der Waals surface area contributed by atoms with Gasteiger partial charge in [-0.3, -0.25) is 9.59 Å². The fourth-order valence-electron chi connectivity index (χ4n) is 5.08. The average Bonchev–Trinajstić information content (AvgIpc) is 3.74. The molecule has 1 fully saturated rings. The molecule has 2 aliphatic rings. The van der Waals surface area contributed by atoms with E-state index in [9.17, 15) is 9.59 Å². The fourth-order valence-corrected chi connectivity index (χ4v) is 5.08. The van der Waals surface area contributed by atoms with Gasteiger partial charge in [-0.15, -0.1) is 0 Å². The Morgan fingerprint density at radius 3 is 2.44 bits per heavy atom. The van der Waals surface area contributed by atoms with E-state index in [0.717, 1.165) is 42.5 Å². The summed E-state index contributed by atoms with van der Waals surface area (Å²) in [4.78, 5) is 30.0. The lowest BCUT2D eigenvalue weighted by Gasteiger charge is -2.38. The first-order valence-corrected chi connectivity index (χ1v) is 12.9. The van der Waals surface area contributed by atoms with Crippen molar-refractivity contribution in [3.8, 4) is 5.75 Å². The smallest absolute Gasteiger partial charge is 0.263 e. The highest BCUT2D eigenvalue weighted by Gasteiger charge is 2.39. The number of hydrogen-bond donors (Lipinski definition) is 0. The Balaban J connectivity index is 1.38. The molecule has 0 bridgehead atoms. The number of rotatable bonds is 7. The van der Waals surface area contributed by atoms with Crippen LogP contribution in [0.1, 0.15) is 53.6 Å². The van der Waals surface area contributed by atoms with E-state index in [4.69, 9.17) is 4.74 Å². The molecule has 186 valence electrons. The van der Waals surface area contributed by atoms with Gasteiger partial charge in [0.2, 0.25) is 5.91 Å². The Morgan fingerprint density at radius 2 is 1.75 bits per heavy atom. The highest BCUT2D eigenvalue weighted by atomic mass is 16.5. The van der Waals surface area contributed by atoms with E-state index in [1.54, 1.807) is 18.9 Å². The highest BCUT2D eigenvalue weighted by molar-refractivity contribution is 5.82. The molecular formula is C31H34N2O3. The van der Waals surface area contributed by atoms with Gasteiger partial charge in [-0.1, -0.05) is 66.2 Å². The summed E-state index contributed by atoms with van der Waals surface area (Å²) >= 11 is 0. The largest absolute Gasteiger partial charge is 0.481 e. The second-order valence-electron chi connectivity index (χ2n) is 10.2. The lowest BCUT2D eigenvalue weighted by Crippen LogP contribution is -2.41. The Hall–Kier alpha value is -3.60. The van der Waals surface area contributed by atoms with Crippen LogP contribution in [0.3, 0.4) is 0 Å². The van der Waals surface area contributed by atoms with E-state index < -0.39 is 6.10 Å². The van der Waals surface area contributed by atoms with Crippen molar-refractivity contribution in [1.82, 2.24) is 9.80 Å². The molecule has 0 N–H and O–H groups in total. The van der Waals surface area contributed by atoms with Crippen LogP contribution in [0.25, 0.3) is 0 Å². The van der Waals surface area contributed by atoms with Crippen molar-refractivity contribution >= 4 is 11.8 Å². The highest BCUT2D eigenvalue weighted by Crippen LogP contribution is 2.41. The topological polar surface area (TPSA) is 49.9 Å². The first-order chi connectivity index (χ1) is 17.4. The maximum atomic E-state index is 13.2. The quantitative estimate of drug-likeness (QED) is 0.459. The molecule has 1 aliphatic heterocycles. The molecule has 1 heterocycles. The fraction of sp³-hybridized carbons (Fsp3) is 0.355. The van der Waals surface area contributed by atoms with E-state index in [1.165, 1.54) is 11.1 Å². The monoisotopic (exact) mass is 482 g/mol. The lowest BCUT2D eigenvalue weighted by atomic mass is 9.87. The molecule has 5 heteroatoms. The van der Waals surface area contributed by atoms with Crippen LogP contribution >= 0.6 is 0 Å². The third-order valence-electron chi connectivity index (χ3n) is 7.25. The van der Waals surface area contributed by atoms with Crippen molar-refractivity contribution in [3.05, 3.63) is 101 Å². The molecule has 0 saturated heterocycles. The summed E-state index contributed by atoms with van der Waals surface area (Å²) < 4.78 is 6.17. The van der Waals surface area contributed by atoms with Gasteiger partial charge in [0.15, 0.2) is 6.10 Å². The van der Waals surface area contributed by atoms with E-state index in [0.29, 0.717) is 12.3 Å². The molecule has 2 atom stereocenters.